The molecule has 1 N–H and O–H groups in total. The maximum Gasteiger partial charge on any atom is 0.272 e. The van der Waals surface area contributed by atoms with E-state index in [2.05, 4.69) is 15.2 Å². The molecular weight excluding hydrogens is 340 g/mol. The number of hydrogen-bond donors (Lipinski definition) is 1. The number of rotatable bonds is 4. The molecule has 1 aromatic heterocycles. The van der Waals surface area contributed by atoms with Gasteiger partial charge in [-0.2, -0.15) is 0 Å². The number of aryl methyl sites for hydroxylation is 3. The number of amides is 2. The van der Waals surface area contributed by atoms with E-state index in [4.69, 9.17) is 0 Å². The molecule has 0 radical (unpaired) electrons. The Hall–Kier alpha value is -2.73. The predicted octanol–water partition coefficient (Wildman–Crippen LogP) is 2.40. The zero-order chi connectivity index (χ0) is 19.4. The summed E-state index contributed by atoms with van der Waals surface area (Å²) in [5, 5.41) is 3.02. The van der Waals surface area contributed by atoms with Gasteiger partial charge < -0.3 is 10.2 Å². The highest BCUT2D eigenvalue weighted by atomic mass is 16.2. The molecule has 0 atom stereocenters. The average molecular weight is 366 g/mol. The summed E-state index contributed by atoms with van der Waals surface area (Å²) in [4.78, 5) is 33.2. The van der Waals surface area contributed by atoms with Gasteiger partial charge >= 0.3 is 0 Å². The third kappa shape index (κ3) is 4.71. The molecule has 2 heterocycles. The zero-order valence-electron chi connectivity index (χ0n) is 16.2. The number of hydrogen-bond acceptors (Lipinski definition) is 4. The largest absolute Gasteiger partial charge is 0.335 e. The zero-order valence-corrected chi connectivity index (χ0v) is 16.2. The van der Waals surface area contributed by atoms with Gasteiger partial charge in [-0.05, 0) is 44.0 Å². The highest BCUT2D eigenvalue weighted by molar-refractivity contribution is 5.94. The van der Waals surface area contributed by atoms with Crippen LogP contribution < -0.4 is 5.32 Å². The topological polar surface area (TPSA) is 65.5 Å². The molecule has 0 aliphatic carbocycles. The minimum Gasteiger partial charge on any atom is -0.335 e. The number of carbonyl (C=O) groups is 2. The van der Waals surface area contributed by atoms with Gasteiger partial charge in [-0.3, -0.25) is 14.5 Å². The lowest BCUT2D eigenvalue weighted by molar-refractivity contribution is -0.117. The van der Waals surface area contributed by atoms with Crippen molar-refractivity contribution < 1.29 is 9.59 Å². The quantitative estimate of drug-likeness (QED) is 0.902. The first-order valence-electron chi connectivity index (χ1n) is 9.25. The second-order valence-corrected chi connectivity index (χ2v) is 7.05. The van der Waals surface area contributed by atoms with Crippen molar-refractivity contribution >= 4 is 17.5 Å². The van der Waals surface area contributed by atoms with Crippen LogP contribution in [-0.4, -0.2) is 59.3 Å². The van der Waals surface area contributed by atoms with Gasteiger partial charge in [0.05, 0.1) is 6.54 Å². The molecule has 0 saturated carbocycles. The van der Waals surface area contributed by atoms with E-state index in [-0.39, 0.29) is 11.8 Å². The third-order valence-corrected chi connectivity index (χ3v) is 4.88. The lowest BCUT2D eigenvalue weighted by Gasteiger charge is -2.34. The van der Waals surface area contributed by atoms with Gasteiger partial charge in [-0.1, -0.05) is 24.3 Å². The molecule has 1 saturated heterocycles. The van der Waals surface area contributed by atoms with E-state index in [0.29, 0.717) is 38.4 Å². The Morgan fingerprint density at radius 1 is 0.963 bits per heavy atom. The Balaban J connectivity index is 1.52. The molecule has 0 spiro atoms. The van der Waals surface area contributed by atoms with Crippen LogP contribution in [0, 0.1) is 20.8 Å². The number of nitrogens with one attached hydrogen (secondary N) is 1. The van der Waals surface area contributed by atoms with Crippen molar-refractivity contribution in [1.29, 1.82) is 0 Å². The Bertz CT molecular complexity index is 822. The van der Waals surface area contributed by atoms with Crippen LogP contribution in [-0.2, 0) is 4.79 Å². The van der Waals surface area contributed by atoms with E-state index in [1.54, 1.807) is 6.07 Å². The maximum absolute atomic E-state index is 12.6. The number of nitrogens with zero attached hydrogens (tertiary/aromatic N) is 3. The van der Waals surface area contributed by atoms with E-state index in [1.165, 1.54) is 0 Å². The summed E-state index contributed by atoms with van der Waals surface area (Å²) in [7, 11) is 0. The number of aromatic nitrogens is 1. The van der Waals surface area contributed by atoms with Gasteiger partial charge in [0.1, 0.15) is 5.69 Å². The lowest BCUT2D eigenvalue weighted by atomic mass is 10.1. The first-order valence-corrected chi connectivity index (χ1v) is 9.25. The van der Waals surface area contributed by atoms with Crippen LogP contribution in [0.2, 0.25) is 0 Å². The first kappa shape index (κ1) is 19.0. The van der Waals surface area contributed by atoms with Crippen molar-refractivity contribution in [1.82, 2.24) is 14.8 Å². The maximum atomic E-state index is 12.6. The number of pyridine rings is 1. The second kappa shape index (κ2) is 8.31. The van der Waals surface area contributed by atoms with Crippen LogP contribution >= 0.6 is 0 Å². The number of anilines is 1. The summed E-state index contributed by atoms with van der Waals surface area (Å²) in [6, 6.07) is 11.4. The van der Waals surface area contributed by atoms with Crippen molar-refractivity contribution in [3.8, 4) is 0 Å². The monoisotopic (exact) mass is 366 g/mol. The predicted molar refractivity (Wildman–Crippen MR) is 106 cm³/mol. The third-order valence-electron chi connectivity index (χ3n) is 4.88. The molecule has 2 aromatic rings. The Kier molecular flexibility index (Phi) is 5.86. The molecule has 0 bridgehead atoms. The molecule has 1 aromatic carbocycles. The van der Waals surface area contributed by atoms with E-state index < -0.39 is 0 Å². The first-order chi connectivity index (χ1) is 12.9. The smallest absolute Gasteiger partial charge is 0.272 e. The molecule has 1 fully saturated rings. The molecular formula is C21H26N4O2. The fourth-order valence-corrected chi connectivity index (χ4v) is 3.33. The molecule has 27 heavy (non-hydrogen) atoms. The summed E-state index contributed by atoms with van der Waals surface area (Å²) < 4.78 is 0. The Labute approximate surface area is 160 Å². The highest BCUT2D eigenvalue weighted by Crippen LogP contribution is 2.19. The van der Waals surface area contributed by atoms with Gasteiger partial charge in [0.25, 0.3) is 5.91 Å². The van der Waals surface area contributed by atoms with Gasteiger partial charge in [0.15, 0.2) is 0 Å². The van der Waals surface area contributed by atoms with Crippen molar-refractivity contribution in [2.75, 3.05) is 38.0 Å². The summed E-state index contributed by atoms with van der Waals surface area (Å²) in [5.74, 6) is -0.0640. The molecule has 2 amide bonds. The van der Waals surface area contributed by atoms with Gasteiger partial charge in [-0.15, -0.1) is 0 Å². The van der Waals surface area contributed by atoms with Crippen LogP contribution in [0.3, 0.4) is 0 Å². The fourth-order valence-electron chi connectivity index (χ4n) is 3.33. The van der Waals surface area contributed by atoms with E-state index in [9.17, 15) is 9.59 Å². The van der Waals surface area contributed by atoms with Crippen molar-refractivity contribution in [2.24, 2.45) is 0 Å². The lowest BCUT2D eigenvalue weighted by Crippen LogP contribution is -2.50. The van der Waals surface area contributed by atoms with Gasteiger partial charge in [0.2, 0.25) is 5.91 Å². The van der Waals surface area contributed by atoms with E-state index >= 15 is 0 Å². The summed E-state index contributed by atoms with van der Waals surface area (Å²) in [5.41, 5.74) is 4.33. The summed E-state index contributed by atoms with van der Waals surface area (Å²) in [6.45, 7) is 8.76. The second-order valence-electron chi connectivity index (χ2n) is 7.05. The van der Waals surface area contributed by atoms with Crippen molar-refractivity contribution in [3.63, 3.8) is 0 Å². The Morgan fingerprint density at radius 2 is 1.59 bits per heavy atom. The van der Waals surface area contributed by atoms with E-state index in [1.807, 2.05) is 56.0 Å². The average Bonchev–Trinajstić information content (AvgIpc) is 2.65. The molecule has 3 rings (SSSR count). The fraction of sp³-hybridized carbons (Fsp3) is 0.381. The molecule has 0 unspecified atom stereocenters. The van der Waals surface area contributed by atoms with Crippen LogP contribution in [0.15, 0.2) is 36.4 Å². The number of benzene rings is 1. The minimum absolute atomic E-state index is 0.0208. The van der Waals surface area contributed by atoms with Crippen LogP contribution in [0.4, 0.5) is 5.69 Å². The van der Waals surface area contributed by atoms with Crippen LogP contribution in [0.5, 0.6) is 0 Å². The van der Waals surface area contributed by atoms with Crippen molar-refractivity contribution in [3.05, 3.63) is 58.9 Å². The summed E-state index contributed by atoms with van der Waals surface area (Å²) in [6.07, 6.45) is 0. The van der Waals surface area contributed by atoms with Crippen LogP contribution in [0.25, 0.3) is 0 Å². The molecule has 6 heteroatoms. The standard InChI is InChI=1S/C21H26N4O2/c1-15-6-4-7-16(2)20(15)23-19(26)14-24-10-12-25(13-11-24)21(27)18-9-5-8-17(3)22-18/h4-9H,10-14H2,1-3H3,(H,23,26). The number of carbonyl (C=O) groups excluding carboxylic acids is 2. The Morgan fingerprint density at radius 3 is 2.22 bits per heavy atom. The van der Waals surface area contributed by atoms with Crippen LogP contribution in [0.1, 0.15) is 27.3 Å². The van der Waals surface area contributed by atoms with Crippen molar-refractivity contribution in [2.45, 2.75) is 20.8 Å². The highest BCUT2D eigenvalue weighted by Gasteiger charge is 2.24. The minimum atomic E-state index is -0.0432. The molecule has 142 valence electrons. The molecule has 6 nitrogen and oxygen atoms in total. The number of piperazine rings is 1. The molecule has 1 aliphatic rings. The normalized spacial score (nSPS) is 14.9. The SMILES string of the molecule is Cc1cccc(C(=O)N2CCN(CC(=O)Nc3c(C)cccc3C)CC2)n1. The number of para-hydroxylation sites is 1. The van der Waals surface area contributed by atoms with E-state index in [0.717, 1.165) is 22.5 Å². The molecule has 1 aliphatic heterocycles. The van der Waals surface area contributed by atoms with Gasteiger partial charge in [0, 0.05) is 37.6 Å². The summed E-state index contributed by atoms with van der Waals surface area (Å²) >= 11 is 0. The van der Waals surface area contributed by atoms with Gasteiger partial charge in [-0.25, -0.2) is 4.98 Å².